The van der Waals surface area contributed by atoms with E-state index in [1.807, 2.05) is 28.8 Å². The number of hydrogen-bond acceptors (Lipinski definition) is 7. The molecule has 8 nitrogen and oxygen atoms in total. The van der Waals surface area contributed by atoms with Crippen LogP contribution in [0, 0.1) is 0 Å². The maximum Gasteiger partial charge on any atom is 0.320 e. The molecule has 0 bridgehead atoms. The van der Waals surface area contributed by atoms with Crippen LogP contribution in [-0.4, -0.2) is 44.9 Å². The molecule has 3 aromatic rings. The molecular formula is C19H25N5O3. The van der Waals surface area contributed by atoms with Crippen LogP contribution in [0.15, 0.2) is 24.3 Å². The average molecular weight is 371 g/mol. The van der Waals surface area contributed by atoms with Crippen LogP contribution in [0.1, 0.15) is 30.9 Å². The average Bonchev–Trinajstić information content (AvgIpc) is 3.02. The topological polar surface area (TPSA) is 108 Å². The quantitative estimate of drug-likeness (QED) is 0.555. The zero-order valence-corrected chi connectivity index (χ0v) is 15.7. The highest BCUT2D eigenvalue weighted by molar-refractivity contribution is 5.83. The third-order valence-corrected chi connectivity index (χ3v) is 4.24. The highest BCUT2D eigenvalue weighted by atomic mass is 16.5. The number of aliphatic hydroxyl groups is 1. The first-order chi connectivity index (χ1) is 13.2. The van der Waals surface area contributed by atoms with Crippen LogP contribution in [0.5, 0.6) is 12.0 Å². The van der Waals surface area contributed by atoms with Crippen LogP contribution in [0.2, 0.25) is 0 Å². The van der Waals surface area contributed by atoms with E-state index in [2.05, 4.69) is 21.9 Å². The Morgan fingerprint density at radius 2 is 1.85 bits per heavy atom. The maximum atomic E-state index is 9.05. The Balaban J connectivity index is 1.94. The van der Waals surface area contributed by atoms with Crippen molar-refractivity contribution >= 4 is 17.0 Å². The van der Waals surface area contributed by atoms with Crippen LogP contribution in [-0.2, 0) is 13.0 Å². The van der Waals surface area contributed by atoms with Crippen molar-refractivity contribution in [1.82, 2.24) is 19.5 Å². The number of nitrogens with zero attached hydrogens (tertiary/aromatic N) is 4. The molecule has 0 atom stereocenters. The van der Waals surface area contributed by atoms with Gasteiger partial charge in [-0.2, -0.15) is 15.0 Å². The number of hydrogen-bond donors (Lipinski definition) is 2. The molecule has 2 aromatic heterocycles. The van der Waals surface area contributed by atoms with Crippen molar-refractivity contribution in [2.45, 2.75) is 32.7 Å². The molecular weight excluding hydrogens is 346 g/mol. The summed E-state index contributed by atoms with van der Waals surface area (Å²) in [5, 5.41) is 9.05. The Hall–Kier alpha value is -2.87. The number of anilines is 1. The Bertz CT molecular complexity index is 892. The normalized spacial score (nSPS) is 11.1. The minimum atomic E-state index is 0.135. The molecule has 0 aliphatic carbocycles. The summed E-state index contributed by atoms with van der Waals surface area (Å²) in [7, 11) is 1.56. The maximum absolute atomic E-state index is 9.05. The van der Waals surface area contributed by atoms with Crippen molar-refractivity contribution in [1.29, 1.82) is 0 Å². The van der Waals surface area contributed by atoms with Crippen molar-refractivity contribution in [3.63, 3.8) is 0 Å². The van der Waals surface area contributed by atoms with Gasteiger partial charge in [0.15, 0.2) is 17.0 Å². The molecule has 0 aliphatic heterocycles. The lowest BCUT2D eigenvalue weighted by Crippen LogP contribution is -2.07. The number of nitrogen functional groups attached to an aromatic ring is 1. The van der Waals surface area contributed by atoms with Crippen LogP contribution in [0.25, 0.3) is 11.2 Å². The van der Waals surface area contributed by atoms with Gasteiger partial charge in [-0.15, -0.1) is 0 Å². The lowest BCUT2D eigenvalue weighted by atomic mass is 10.1. The summed E-state index contributed by atoms with van der Waals surface area (Å²) < 4.78 is 12.9. The van der Waals surface area contributed by atoms with Gasteiger partial charge in [0.1, 0.15) is 0 Å². The van der Waals surface area contributed by atoms with E-state index in [-0.39, 0.29) is 18.4 Å². The molecule has 27 heavy (non-hydrogen) atoms. The summed E-state index contributed by atoms with van der Waals surface area (Å²) in [6, 6.07) is 8.69. The highest BCUT2D eigenvalue weighted by Gasteiger charge is 2.18. The molecule has 0 saturated carbocycles. The number of unbranched alkanes of at least 4 members (excludes halogenated alkanes) is 1. The van der Waals surface area contributed by atoms with E-state index in [1.165, 1.54) is 0 Å². The van der Waals surface area contributed by atoms with Crippen molar-refractivity contribution in [3.8, 4) is 12.0 Å². The lowest BCUT2D eigenvalue weighted by molar-refractivity contribution is 0.286. The largest absolute Gasteiger partial charge is 0.468 e. The number of ether oxygens (including phenoxy) is 2. The van der Waals surface area contributed by atoms with Crippen LogP contribution in [0.3, 0.4) is 0 Å². The first kappa shape index (κ1) is 18.9. The number of rotatable bonds is 9. The molecule has 0 unspecified atom stereocenters. The first-order valence-corrected chi connectivity index (χ1v) is 9.05. The second-order valence-corrected chi connectivity index (χ2v) is 6.24. The Morgan fingerprint density at radius 1 is 1.11 bits per heavy atom. The predicted octanol–water partition coefficient (Wildman–Crippen LogP) is 2.18. The molecule has 2 heterocycles. The number of benzene rings is 1. The fourth-order valence-corrected chi connectivity index (χ4v) is 2.77. The molecule has 0 fully saturated rings. The number of fused-ring (bicyclic) bond motifs is 1. The van der Waals surface area contributed by atoms with E-state index in [0.29, 0.717) is 36.7 Å². The van der Waals surface area contributed by atoms with Gasteiger partial charge in [-0.25, -0.2) is 0 Å². The number of methoxy groups -OCH3 is 1. The first-order valence-electron chi connectivity index (χ1n) is 9.05. The summed E-state index contributed by atoms with van der Waals surface area (Å²) in [5.74, 6) is 0.266. The fourth-order valence-electron chi connectivity index (χ4n) is 2.77. The van der Waals surface area contributed by atoms with E-state index < -0.39 is 0 Å². The van der Waals surface area contributed by atoms with Crippen LogP contribution < -0.4 is 15.2 Å². The van der Waals surface area contributed by atoms with Gasteiger partial charge in [-0.05, 0) is 24.0 Å². The summed E-state index contributed by atoms with van der Waals surface area (Å²) in [6.07, 6.45) is 2.58. The van der Waals surface area contributed by atoms with Crippen molar-refractivity contribution < 1.29 is 14.6 Å². The molecule has 3 rings (SSSR count). The molecule has 0 aliphatic rings. The zero-order valence-electron chi connectivity index (χ0n) is 15.7. The SMILES string of the molecule is CCCCOc1nc(N)c2nc(OC)n(Cc3ccc(CCO)cc3)c2n1. The number of imidazole rings is 1. The number of nitrogens with two attached hydrogens (primary N) is 1. The molecule has 144 valence electrons. The molecule has 0 spiro atoms. The van der Waals surface area contributed by atoms with E-state index in [4.69, 9.17) is 20.3 Å². The fraction of sp³-hybridized carbons (Fsp3) is 0.421. The van der Waals surface area contributed by atoms with E-state index in [1.54, 1.807) is 7.11 Å². The van der Waals surface area contributed by atoms with Gasteiger partial charge < -0.3 is 20.3 Å². The Morgan fingerprint density at radius 3 is 2.52 bits per heavy atom. The van der Waals surface area contributed by atoms with E-state index in [9.17, 15) is 0 Å². The van der Waals surface area contributed by atoms with Gasteiger partial charge in [-0.3, -0.25) is 4.57 Å². The van der Waals surface area contributed by atoms with E-state index >= 15 is 0 Å². The number of aliphatic hydroxyl groups excluding tert-OH is 1. The third-order valence-electron chi connectivity index (χ3n) is 4.24. The van der Waals surface area contributed by atoms with Crippen LogP contribution >= 0.6 is 0 Å². The molecule has 0 radical (unpaired) electrons. The molecule has 3 N–H and O–H groups in total. The second kappa shape index (κ2) is 8.68. The molecule has 1 aromatic carbocycles. The van der Waals surface area contributed by atoms with Crippen molar-refractivity contribution in [3.05, 3.63) is 35.4 Å². The van der Waals surface area contributed by atoms with Gasteiger partial charge in [0.2, 0.25) is 0 Å². The third kappa shape index (κ3) is 4.28. The van der Waals surface area contributed by atoms with Gasteiger partial charge in [0, 0.05) is 6.61 Å². The summed E-state index contributed by atoms with van der Waals surface area (Å²) in [5.41, 5.74) is 9.27. The second-order valence-electron chi connectivity index (χ2n) is 6.24. The molecule has 8 heteroatoms. The van der Waals surface area contributed by atoms with Crippen LogP contribution in [0.4, 0.5) is 5.82 Å². The van der Waals surface area contributed by atoms with Gasteiger partial charge in [0.05, 0.1) is 20.3 Å². The zero-order chi connectivity index (χ0) is 19.2. The van der Waals surface area contributed by atoms with Gasteiger partial charge in [0.25, 0.3) is 6.01 Å². The monoisotopic (exact) mass is 371 g/mol. The smallest absolute Gasteiger partial charge is 0.320 e. The van der Waals surface area contributed by atoms with E-state index in [0.717, 1.165) is 24.0 Å². The Kier molecular flexibility index (Phi) is 6.08. The summed E-state index contributed by atoms with van der Waals surface area (Å²) in [6.45, 7) is 3.28. The standard InChI is InChI=1S/C19H25N5O3/c1-3-4-11-27-18-22-16(20)15-17(23-18)24(19(21-15)26-2)12-14-7-5-13(6-8-14)9-10-25/h5-8,25H,3-4,9-12H2,1-2H3,(H2,20,22,23). The lowest BCUT2D eigenvalue weighted by Gasteiger charge is -2.09. The molecule has 0 saturated heterocycles. The minimum Gasteiger partial charge on any atom is -0.468 e. The summed E-state index contributed by atoms with van der Waals surface area (Å²) >= 11 is 0. The Labute approximate surface area is 158 Å². The minimum absolute atomic E-state index is 0.135. The van der Waals surface area contributed by atoms with Gasteiger partial charge in [-0.1, -0.05) is 37.6 Å². The van der Waals surface area contributed by atoms with Crippen molar-refractivity contribution in [2.24, 2.45) is 0 Å². The number of aromatic nitrogens is 4. The highest BCUT2D eigenvalue weighted by Crippen LogP contribution is 2.26. The predicted molar refractivity (Wildman–Crippen MR) is 103 cm³/mol. The molecule has 0 amide bonds. The van der Waals surface area contributed by atoms with Gasteiger partial charge >= 0.3 is 6.01 Å². The van der Waals surface area contributed by atoms with Crippen molar-refractivity contribution in [2.75, 3.05) is 26.1 Å². The summed E-state index contributed by atoms with van der Waals surface area (Å²) in [4.78, 5) is 13.1.